The minimum Gasteiger partial charge on any atom is -0.507 e. The van der Waals surface area contributed by atoms with Gasteiger partial charge in [-0.15, -0.1) is 0 Å². The van der Waals surface area contributed by atoms with Crippen molar-refractivity contribution in [3.05, 3.63) is 63.5 Å². The van der Waals surface area contributed by atoms with Crippen LogP contribution in [0.5, 0.6) is 0 Å². The number of ether oxygens (including phenoxy) is 3. The summed E-state index contributed by atoms with van der Waals surface area (Å²) in [6.45, 7) is 6.63. The van der Waals surface area contributed by atoms with E-state index < -0.39 is 29.7 Å². The number of H-pyrrole nitrogens is 1. The molecule has 2 fully saturated rings. The molecule has 0 aliphatic carbocycles. The fourth-order valence-electron chi connectivity index (χ4n) is 5.00. The maximum atomic E-state index is 13.4. The molecule has 2 aromatic rings. The zero-order valence-corrected chi connectivity index (χ0v) is 21.8. The van der Waals surface area contributed by atoms with Crippen LogP contribution in [-0.2, 0) is 23.8 Å². The number of benzene rings is 1. The fourth-order valence-corrected chi connectivity index (χ4v) is 5.00. The summed E-state index contributed by atoms with van der Waals surface area (Å²) in [6.07, 6.45) is 0. The molecule has 3 heterocycles. The number of ketones is 1. The molecular formula is C27H31N3O8. The third-order valence-electron chi connectivity index (χ3n) is 7.01. The molecule has 202 valence electrons. The number of aliphatic hydroxyl groups is 1. The third kappa shape index (κ3) is 4.94. The van der Waals surface area contributed by atoms with Gasteiger partial charge in [0.25, 0.3) is 11.7 Å². The molecule has 38 heavy (non-hydrogen) atoms. The van der Waals surface area contributed by atoms with Crippen LogP contribution in [0.4, 0.5) is 0 Å². The largest absolute Gasteiger partial charge is 0.507 e. The summed E-state index contributed by atoms with van der Waals surface area (Å²) < 4.78 is 15.0. The monoisotopic (exact) mass is 525 g/mol. The SMILES string of the molecule is COC(=O)c1ccc([C@H]2C(=C(O)c3c(C)[nH]c(C(=O)OC)c3C)C(=O)C(=O)N2CCN2CCOCC2)cc1. The van der Waals surface area contributed by atoms with Gasteiger partial charge in [-0.3, -0.25) is 14.5 Å². The summed E-state index contributed by atoms with van der Waals surface area (Å²) in [5, 5.41) is 11.5. The number of amides is 1. The van der Waals surface area contributed by atoms with E-state index in [1.165, 1.54) is 19.1 Å². The molecule has 0 bridgehead atoms. The average Bonchev–Trinajstić information content (AvgIpc) is 3.38. The number of carbonyl (C=O) groups excluding carboxylic acids is 4. The van der Waals surface area contributed by atoms with Crippen molar-refractivity contribution in [3.8, 4) is 0 Å². The highest BCUT2D eigenvalue weighted by Gasteiger charge is 2.46. The Bertz CT molecular complexity index is 1290. The minimum absolute atomic E-state index is 0.0931. The van der Waals surface area contributed by atoms with Gasteiger partial charge >= 0.3 is 11.9 Å². The number of morpholine rings is 1. The van der Waals surface area contributed by atoms with Crippen LogP contribution in [-0.4, -0.2) is 97.1 Å². The van der Waals surface area contributed by atoms with E-state index in [1.807, 2.05) is 0 Å². The van der Waals surface area contributed by atoms with Crippen molar-refractivity contribution in [3.63, 3.8) is 0 Å². The quantitative estimate of drug-likeness (QED) is 0.240. The maximum absolute atomic E-state index is 13.4. The Morgan fingerprint density at radius 2 is 1.66 bits per heavy atom. The van der Waals surface area contributed by atoms with Crippen LogP contribution >= 0.6 is 0 Å². The molecule has 2 aliphatic heterocycles. The Hall–Kier alpha value is -3.96. The summed E-state index contributed by atoms with van der Waals surface area (Å²) in [4.78, 5) is 57.3. The Kier molecular flexibility index (Phi) is 7.98. The van der Waals surface area contributed by atoms with Crippen molar-refractivity contribution < 1.29 is 38.5 Å². The summed E-state index contributed by atoms with van der Waals surface area (Å²) in [6, 6.07) is 5.46. The van der Waals surface area contributed by atoms with E-state index in [9.17, 15) is 24.3 Å². The number of hydrogen-bond acceptors (Lipinski definition) is 9. The van der Waals surface area contributed by atoms with Gasteiger partial charge < -0.3 is 29.2 Å². The van der Waals surface area contributed by atoms with Crippen LogP contribution in [0, 0.1) is 13.8 Å². The number of aliphatic hydroxyl groups excluding tert-OH is 1. The number of likely N-dealkylation sites (tertiary alicyclic amines) is 1. The van der Waals surface area contributed by atoms with E-state index in [1.54, 1.807) is 38.1 Å². The van der Waals surface area contributed by atoms with E-state index >= 15 is 0 Å². The molecule has 0 spiro atoms. The van der Waals surface area contributed by atoms with E-state index in [0.29, 0.717) is 55.2 Å². The number of rotatable bonds is 7. The normalized spacial score (nSPS) is 19.6. The minimum atomic E-state index is -0.905. The Morgan fingerprint density at radius 1 is 1.03 bits per heavy atom. The standard InChI is InChI=1S/C27H31N3O8/c1-15-19(16(2)28-21(15)27(35)37-4)23(31)20-22(17-5-7-18(8-6-17)26(34)36-3)30(25(33)24(20)32)10-9-29-11-13-38-14-12-29/h5-8,22,28,31H,9-14H2,1-4H3/t22-/m0/s1. The summed E-state index contributed by atoms with van der Waals surface area (Å²) in [5.74, 6) is -3.09. The van der Waals surface area contributed by atoms with Gasteiger partial charge in [-0.2, -0.15) is 0 Å². The van der Waals surface area contributed by atoms with Gasteiger partial charge in [0, 0.05) is 37.4 Å². The highest BCUT2D eigenvalue weighted by Crippen LogP contribution is 2.41. The number of carbonyl (C=O) groups is 4. The van der Waals surface area contributed by atoms with Gasteiger partial charge in [0.2, 0.25) is 0 Å². The second-order valence-corrected chi connectivity index (χ2v) is 9.18. The van der Waals surface area contributed by atoms with Gasteiger partial charge in [0.15, 0.2) is 0 Å². The molecule has 0 radical (unpaired) electrons. The molecule has 1 aromatic heterocycles. The highest BCUT2D eigenvalue weighted by molar-refractivity contribution is 6.46. The molecule has 1 amide bonds. The number of hydrogen-bond donors (Lipinski definition) is 2. The number of nitrogens with zero attached hydrogens (tertiary/aromatic N) is 2. The van der Waals surface area contributed by atoms with Crippen LogP contribution in [0.1, 0.15) is 49.3 Å². The first-order chi connectivity index (χ1) is 18.2. The molecule has 0 unspecified atom stereocenters. The average molecular weight is 526 g/mol. The number of methoxy groups -OCH3 is 2. The lowest BCUT2D eigenvalue weighted by atomic mass is 9.93. The third-order valence-corrected chi connectivity index (χ3v) is 7.01. The maximum Gasteiger partial charge on any atom is 0.354 e. The van der Waals surface area contributed by atoms with Gasteiger partial charge in [-0.05, 0) is 37.1 Å². The van der Waals surface area contributed by atoms with Crippen LogP contribution < -0.4 is 0 Å². The zero-order valence-electron chi connectivity index (χ0n) is 21.8. The van der Waals surface area contributed by atoms with Gasteiger partial charge in [-0.1, -0.05) is 12.1 Å². The molecule has 4 rings (SSSR count). The Morgan fingerprint density at radius 3 is 2.26 bits per heavy atom. The van der Waals surface area contributed by atoms with Crippen LogP contribution in [0.25, 0.3) is 5.76 Å². The Labute approximate surface area is 220 Å². The number of Topliss-reactive ketones (excluding diaryl/α,β-unsaturated/α-hetero) is 1. The topological polar surface area (TPSA) is 138 Å². The Balaban J connectivity index is 1.80. The van der Waals surface area contributed by atoms with Crippen molar-refractivity contribution in [2.24, 2.45) is 0 Å². The molecule has 1 atom stereocenters. The van der Waals surface area contributed by atoms with Gasteiger partial charge in [0.05, 0.1) is 44.6 Å². The predicted octanol–water partition coefficient (Wildman–Crippen LogP) is 1.96. The number of aromatic nitrogens is 1. The molecule has 1 aromatic carbocycles. The number of aromatic amines is 1. The summed E-state index contributed by atoms with van der Waals surface area (Å²) in [7, 11) is 2.52. The molecule has 11 heteroatoms. The van der Waals surface area contributed by atoms with Gasteiger partial charge in [-0.25, -0.2) is 9.59 Å². The lowest BCUT2D eigenvalue weighted by Gasteiger charge is -2.31. The fraction of sp³-hybridized carbons (Fsp3) is 0.407. The van der Waals surface area contributed by atoms with Crippen LogP contribution in [0.2, 0.25) is 0 Å². The van der Waals surface area contributed by atoms with Crippen molar-refractivity contribution in [1.82, 2.24) is 14.8 Å². The first kappa shape index (κ1) is 27.1. The lowest BCUT2D eigenvalue weighted by molar-refractivity contribution is -0.140. The smallest absolute Gasteiger partial charge is 0.354 e. The molecular weight excluding hydrogens is 494 g/mol. The summed E-state index contributed by atoms with van der Waals surface area (Å²) in [5.41, 5.74) is 2.00. The van der Waals surface area contributed by atoms with E-state index in [2.05, 4.69) is 9.88 Å². The van der Waals surface area contributed by atoms with Crippen molar-refractivity contribution in [1.29, 1.82) is 0 Å². The van der Waals surface area contributed by atoms with Crippen LogP contribution in [0.15, 0.2) is 29.8 Å². The van der Waals surface area contributed by atoms with Crippen molar-refractivity contribution >= 4 is 29.4 Å². The second kappa shape index (κ2) is 11.2. The summed E-state index contributed by atoms with van der Waals surface area (Å²) >= 11 is 0. The first-order valence-corrected chi connectivity index (χ1v) is 12.2. The van der Waals surface area contributed by atoms with Gasteiger partial charge in [0.1, 0.15) is 11.5 Å². The van der Waals surface area contributed by atoms with Crippen molar-refractivity contribution in [2.45, 2.75) is 19.9 Å². The van der Waals surface area contributed by atoms with Crippen molar-refractivity contribution in [2.75, 3.05) is 53.6 Å². The number of aryl methyl sites for hydroxylation is 1. The highest BCUT2D eigenvalue weighted by atomic mass is 16.5. The molecule has 0 saturated carbocycles. The second-order valence-electron chi connectivity index (χ2n) is 9.18. The van der Waals surface area contributed by atoms with Crippen LogP contribution in [0.3, 0.4) is 0 Å². The molecule has 2 aliphatic rings. The van der Waals surface area contributed by atoms with E-state index in [0.717, 1.165) is 0 Å². The predicted molar refractivity (Wildman–Crippen MR) is 136 cm³/mol. The first-order valence-electron chi connectivity index (χ1n) is 12.2. The molecule has 2 saturated heterocycles. The van der Waals surface area contributed by atoms with E-state index in [4.69, 9.17) is 14.2 Å². The molecule has 11 nitrogen and oxygen atoms in total. The molecule has 2 N–H and O–H groups in total. The van der Waals surface area contributed by atoms with E-state index in [-0.39, 0.29) is 29.1 Å². The zero-order chi connectivity index (χ0) is 27.6. The lowest BCUT2D eigenvalue weighted by Crippen LogP contribution is -2.42. The number of nitrogens with one attached hydrogen (secondary N) is 1. The number of esters is 2.